The second-order valence-electron chi connectivity index (χ2n) is 3.95. The molecule has 0 amide bonds. The highest BCUT2D eigenvalue weighted by atomic mass is 35.5. The first-order valence-electron chi connectivity index (χ1n) is 6.02. The zero-order valence-electron chi connectivity index (χ0n) is 10.6. The van der Waals surface area contributed by atoms with Crippen LogP contribution in [0.25, 0.3) is 0 Å². The molecular weight excluding hydrogens is 264 g/mol. The number of aromatic nitrogens is 1. The van der Waals surface area contributed by atoms with Gasteiger partial charge in [0.15, 0.2) is 0 Å². The number of hydrogen-bond acceptors (Lipinski definition) is 4. The molecule has 100 valence electrons. The summed E-state index contributed by atoms with van der Waals surface area (Å²) in [6.07, 6.45) is 0.892. The Balaban J connectivity index is 2.14. The number of benzene rings is 1. The van der Waals surface area contributed by atoms with Crippen molar-refractivity contribution in [2.24, 2.45) is 0 Å². The van der Waals surface area contributed by atoms with Gasteiger partial charge in [-0.25, -0.2) is 0 Å². The van der Waals surface area contributed by atoms with E-state index >= 15 is 0 Å². The van der Waals surface area contributed by atoms with Gasteiger partial charge in [-0.1, -0.05) is 18.5 Å². The number of halogens is 1. The molecule has 0 radical (unpaired) electrons. The van der Waals surface area contributed by atoms with Crippen LogP contribution in [0.4, 0.5) is 5.69 Å². The fourth-order valence-electron chi connectivity index (χ4n) is 1.43. The number of nitrogen functional groups attached to an aromatic ring is 1. The van der Waals surface area contributed by atoms with E-state index in [0.29, 0.717) is 34.8 Å². The van der Waals surface area contributed by atoms with Gasteiger partial charge in [0.2, 0.25) is 11.8 Å². The molecule has 2 N–H and O–H groups in total. The van der Waals surface area contributed by atoms with E-state index in [1.165, 1.54) is 0 Å². The van der Waals surface area contributed by atoms with Gasteiger partial charge in [0, 0.05) is 11.1 Å². The first kappa shape index (κ1) is 13.5. The van der Waals surface area contributed by atoms with E-state index < -0.39 is 0 Å². The molecule has 1 aromatic heterocycles. The number of anilines is 1. The minimum Gasteiger partial charge on any atom is -0.476 e. The quantitative estimate of drug-likeness (QED) is 0.901. The minimum absolute atomic E-state index is 0.397. The van der Waals surface area contributed by atoms with Crippen molar-refractivity contribution >= 4 is 17.3 Å². The molecule has 0 aliphatic carbocycles. The summed E-state index contributed by atoms with van der Waals surface area (Å²) >= 11 is 5.81. The molecule has 0 unspecified atom stereocenters. The molecule has 0 atom stereocenters. The van der Waals surface area contributed by atoms with E-state index in [1.807, 2.05) is 6.92 Å². The van der Waals surface area contributed by atoms with Gasteiger partial charge in [-0.05, 0) is 36.8 Å². The Bertz CT molecular complexity index is 544. The zero-order chi connectivity index (χ0) is 13.7. The fraction of sp³-hybridized carbons (Fsp3) is 0.214. The predicted molar refractivity (Wildman–Crippen MR) is 76.0 cm³/mol. The lowest BCUT2D eigenvalue weighted by molar-refractivity contribution is 0.302. The number of pyridine rings is 1. The van der Waals surface area contributed by atoms with E-state index in [0.717, 1.165) is 6.42 Å². The summed E-state index contributed by atoms with van der Waals surface area (Å²) in [5, 5.41) is 0.657. The first-order valence-corrected chi connectivity index (χ1v) is 6.39. The fourth-order valence-corrected chi connectivity index (χ4v) is 1.55. The number of ether oxygens (including phenoxy) is 2. The SMILES string of the molecule is CCCOc1nc(Oc2ccc(Cl)cc2)ccc1N. The molecule has 2 rings (SSSR count). The Morgan fingerprint density at radius 3 is 2.58 bits per heavy atom. The second kappa shape index (κ2) is 6.29. The maximum Gasteiger partial charge on any atom is 0.240 e. The van der Waals surface area contributed by atoms with Crippen molar-refractivity contribution in [1.82, 2.24) is 4.98 Å². The molecule has 4 nitrogen and oxygen atoms in total. The molecule has 1 aromatic carbocycles. The Labute approximate surface area is 117 Å². The average Bonchev–Trinajstić information content (AvgIpc) is 2.42. The van der Waals surface area contributed by atoms with Gasteiger partial charge in [-0.2, -0.15) is 4.98 Å². The second-order valence-corrected chi connectivity index (χ2v) is 4.38. The lowest BCUT2D eigenvalue weighted by Gasteiger charge is -2.09. The first-order chi connectivity index (χ1) is 9.19. The number of nitrogens with two attached hydrogens (primary N) is 1. The van der Waals surface area contributed by atoms with E-state index in [-0.39, 0.29) is 0 Å². The van der Waals surface area contributed by atoms with Gasteiger partial charge in [-0.3, -0.25) is 0 Å². The van der Waals surface area contributed by atoms with Crippen LogP contribution in [-0.2, 0) is 0 Å². The van der Waals surface area contributed by atoms with Crippen molar-refractivity contribution in [3.63, 3.8) is 0 Å². The van der Waals surface area contributed by atoms with Crippen molar-refractivity contribution in [3.05, 3.63) is 41.4 Å². The van der Waals surface area contributed by atoms with Gasteiger partial charge in [0.25, 0.3) is 0 Å². The summed E-state index contributed by atoms with van der Waals surface area (Å²) in [5.41, 5.74) is 6.28. The highest BCUT2D eigenvalue weighted by molar-refractivity contribution is 6.30. The Morgan fingerprint density at radius 1 is 1.16 bits per heavy atom. The van der Waals surface area contributed by atoms with Crippen LogP contribution in [0.3, 0.4) is 0 Å². The van der Waals surface area contributed by atoms with Crippen LogP contribution >= 0.6 is 11.6 Å². The van der Waals surface area contributed by atoms with Crippen LogP contribution in [0.2, 0.25) is 5.02 Å². The largest absolute Gasteiger partial charge is 0.476 e. The average molecular weight is 279 g/mol. The summed E-state index contributed by atoms with van der Waals surface area (Å²) in [6, 6.07) is 10.5. The van der Waals surface area contributed by atoms with Crippen LogP contribution < -0.4 is 15.2 Å². The van der Waals surface area contributed by atoms with Crippen molar-refractivity contribution in [2.45, 2.75) is 13.3 Å². The monoisotopic (exact) mass is 278 g/mol. The van der Waals surface area contributed by atoms with Gasteiger partial charge in [-0.15, -0.1) is 0 Å². The molecule has 0 saturated carbocycles. The zero-order valence-corrected chi connectivity index (χ0v) is 11.4. The summed E-state index contributed by atoms with van der Waals surface area (Å²) in [4.78, 5) is 4.23. The molecule has 1 heterocycles. The standard InChI is InChI=1S/C14H15ClN2O2/c1-2-9-18-14-12(16)7-8-13(17-14)19-11-5-3-10(15)4-6-11/h3-8H,2,9,16H2,1H3. The van der Waals surface area contributed by atoms with Gasteiger partial charge in [0.1, 0.15) is 5.75 Å². The van der Waals surface area contributed by atoms with E-state index in [1.54, 1.807) is 36.4 Å². The van der Waals surface area contributed by atoms with Crippen LogP contribution in [0.5, 0.6) is 17.5 Å². The topological polar surface area (TPSA) is 57.4 Å². The minimum atomic E-state index is 0.397. The van der Waals surface area contributed by atoms with Crippen molar-refractivity contribution in [3.8, 4) is 17.5 Å². The molecule has 0 fully saturated rings. The van der Waals surface area contributed by atoms with Crippen LogP contribution in [-0.4, -0.2) is 11.6 Å². The van der Waals surface area contributed by atoms with Gasteiger partial charge >= 0.3 is 0 Å². The molecule has 0 spiro atoms. The maximum absolute atomic E-state index is 5.81. The normalized spacial score (nSPS) is 10.2. The Morgan fingerprint density at radius 2 is 1.89 bits per heavy atom. The third kappa shape index (κ3) is 3.76. The Hall–Kier alpha value is -1.94. The lowest BCUT2D eigenvalue weighted by Crippen LogP contribution is -2.02. The van der Waals surface area contributed by atoms with E-state index in [2.05, 4.69) is 4.98 Å². The highest BCUT2D eigenvalue weighted by Crippen LogP contribution is 2.26. The van der Waals surface area contributed by atoms with Gasteiger partial charge in [0.05, 0.1) is 12.3 Å². The van der Waals surface area contributed by atoms with Crippen LogP contribution in [0, 0.1) is 0 Å². The third-order valence-electron chi connectivity index (χ3n) is 2.34. The molecule has 5 heteroatoms. The molecule has 19 heavy (non-hydrogen) atoms. The molecule has 2 aromatic rings. The number of nitrogens with zero attached hydrogens (tertiary/aromatic N) is 1. The summed E-state index contributed by atoms with van der Waals surface area (Å²) < 4.78 is 11.0. The number of rotatable bonds is 5. The summed E-state index contributed by atoms with van der Waals surface area (Å²) in [7, 11) is 0. The lowest BCUT2D eigenvalue weighted by atomic mass is 10.3. The highest BCUT2D eigenvalue weighted by Gasteiger charge is 2.06. The predicted octanol–water partition coefficient (Wildman–Crippen LogP) is 3.90. The van der Waals surface area contributed by atoms with Crippen molar-refractivity contribution in [1.29, 1.82) is 0 Å². The van der Waals surface area contributed by atoms with Crippen molar-refractivity contribution in [2.75, 3.05) is 12.3 Å². The van der Waals surface area contributed by atoms with Crippen LogP contribution in [0.15, 0.2) is 36.4 Å². The summed E-state index contributed by atoms with van der Waals surface area (Å²) in [5.74, 6) is 1.49. The molecule has 0 aliphatic heterocycles. The summed E-state index contributed by atoms with van der Waals surface area (Å²) in [6.45, 7) is 2.59. The smallest absolute Gasteiger partial charge is 0.240 e. The maximum atomic E-state index is 5.81. The van der Waals surface area contributed by atoms with Crippen molar-refractivity contribution < 1.29 is 9.47 Å². The molecular formula is C14H15ClN2O2. The van der Waals surface area contributed by atoms with Crippen LogP contribution in [0.1, 0.15) is 13.3 Å². The van der Waals surface area contributed by atoms with Gasteiger partial charge < -0.3 is 15.2 Å². The molecule has 0 saturated heterocycles. The third-order valence-corrected chi connectivity index (χ3v) is 2.60. The molecule has 0 bridgehead atoms. The van der Waals surface area contributed by atoms with E-state index in [9.17, 15) is 0 Å². The molecule has 0 aliphatic rings. The number of hydrogen-bond donors (Lipinski definition) is 1. The Kier molecular flexibility index (Phi) is 4.47. The van der Waals surface area contributed by atoms with E-state index in [4.69, 9.17) is 26.8 Å².